The number of carbonyl (C=O) groups is 2. The minimum Gasteiger partial charge on any atom is -0.468 e. The zero-order valence-corrected chi connectivity index (χ0v) is 11.3. The van der Waals surface area contributed by atoms with Crippen molar-refractivity contribution in [3.05, 3.63) is 16.1 Å². The number of esters is 1. The second kappa shape index (κ2) is 5.91. The van der Waals surface area contributed by atoms with Crippen molar-refractivity contribution in [3.63, 3.8) is 0 Å². The number of ketones is 1. The van der Waals surface area contributed by atoms with Crippen LogP contribution < -0.4 is 0 Å². The molecule has 0 saturated heterocycles. The fourth-order valence-corrected chi connectivity index (χ4v) is 2.43. The Kier molecular flexibility index (Phi) is 4.81. The molecule has 1 rings (SSSR count). The molecular formula is C12H17NO3S. The van der Waals surface area contributed by atoms with Crippen LogP contribution in [-0.4, -0.2) is 23.8 Å². The highest BCUT2D eigenvalue weighted by atomic mass is 32.1. The van der Waals surface area contributed by atoms with Gasteiger partial charge in [-0.3, -0.25) is 9.59 Å². The van der Waals surface area contributed by atoms with Crippen LogP contribution in [-0.2, 0) is 20.7 Å². The highest BCUT2D eigenvalue weighted by Gasteiger charge is 2.30. The molecule has 1 aromatic heterocycles. The quantitative estimate of drug-likeness (QED) is 0.596. The van der Waals surface area contributed by atoms with Crippen LogP contribution >= 0.6 is 11.3 Å². The van der Waals surface area contributed by atoms with Crippen molar-refractivity contribution in [2.75, 3.05) is 7.11 Å². The van der Waals surface area contributed by atoms with Crippen molar-refractivity contribution in [2.45, 2.75) is 27.2 Å². The van der Waals surface area contributed by atoms with Crippen LogP contribution in [0.15, 0.2) is 5.38 Å². The molecule has 0 spiro atoms. The van der Waals surface area contributed by atoms with Gasteiger partial charge in [0.25, 0.3) is 0 Å². The molecule has 1 heterocycles. The SMILES string of the molecule is COC(=O)C(C(=O)Cc1nc(C)cs1)C(C)C. The summed E-state index contributed by atoms with van der Waals surface area (Å²) in [5, 5.41) is 2.65. The normalized spacial score (nSPS) is 12.5. The number of carbonyl (C=O) groups excluding carboxylic acids is 2. The van der Waals surface area contributed by atoms with E-state index in [0.29, 0.717) is 0 Å². The Morgan fingerprint density at radius 3 is 2.53 bits per heavy atom. The number of rotatable bonds is 5. The zero-order chi connectivity index (χ0) is 13.0. The number of Topliss-reactive ketones (excluding diaryl/α,β-unsaturated/α-hetero) is 1. The first-order valence-corrected chi connectivity index (χ1v) is 6.35. The molecule has 5 heteroatoms. The summed E-state index contributed by atoms with van der Waals surface area (Å²) >= 11 is 1.44. The number of nitrogens with zero attached hydrogens (tertiary/aromatic N) is 1. The van der Waals surface area contributed by atoms with E-state index in [1.54, 1.807) is 0 Å². The van der Waals surface area contributed by atoms with Gasteiger partial charge in [0.1, 0.15) is 10.9 Å². The number of ether oxygens (including phenoxy) is 1. The van der Waals surface area contributed by atoms with Gasteiger partial charge in [-0.2, -0.15) is 0 Å². The second-order valence-electron chi connectivity index (χ2n) is 4.27. The van der Waals surface area contributed by atoms with Crippen LogP contribution in [0.5, 0.6) is 0 Å². The van der Waals surface area contributed by atoms with E-state index in [-0.39, 0.29) is 18.1 Å². The third kappa shape index (κ3) is 3.63. The molecule has 0 N–H and O–H groups in total. The highest BCUT2D eigenvalue weighted by Crippen LogP contribution is 2.18. The Balaban J connectivity index is 2.75. The Morgan fingerprint density at radius 2 is 2.12 bits per heavy atom. The van der Waals surface area contributed by atoms with E-state index in [0.717, 1.165) is 10.7 Å². The van der Waals surface area contributed by atoms with Crippen LogP contribution in [0.25, 0.3) is 0 Å². The van der Waals surface area contributed by atoms with Crippen LogP contribution in [0.1, 0.15) is 24.5 Å². The number of thiazole rings is 1. The number of methoxy groups -OCH3 is 1. The van der Waals surface area contributed by atoms with E-state index in [4.69, 9.17) is 0 Å². The smallest absolute Gasteiger partial charge is 0.316 e. The van der Waals surface area contributed by atoms with Gasteiger partial charge in [0.05, 0.1) is 13.5 Å². The van der Waals surface area contributed by atoms with Gasteiger partial charge in [-0.15, -0.1) is 11.3 Å². The lowest BCUT2D eigenvalue weighted by Crippen LogP contribution is -2.31. The molecule has 0 aromatic carbocycles. The summed E-state index contributed by atoms with van der Waals surface area (Å²) in [4.78, 5) is 27.8. The van der Waals surface area contributed by atoms with E-state index in [9.17, 15) is 9.59 Å². The molecule has 0 aliphatic heterocycles. The lowest BCUT2D eigenvalue weighted by molar-refractivity contribution is -0.151. The van der Waals surface area contributed by atoms with Gasteiger partial charge in [-0.25, -0.2) is 4.98 Å². The number of aryl methyl sites for hydroxylation is 1. The predicted molar refractivity (Wildman–Crippen MR) is 65.9 cm³/mol. The zero-order valence-electron chi connectivity index (χ0n) is 10.5. The monoisotopic (exact) mass is 255 g/mol. The van der Waals surface area contributed by atoms with Crippen molar-refractivity contribution in [2.24, 2.45) is 11.8 Å². The molecule has 0 amide bonds. The lowest BCUT2D eigenvalue weighted by Gasteiger charge is -2.16. The summed E-state index contributed by atoms with van der Waals surface area (Å²) < 4.78 is 4.66. The topological polar surface area (TPSA) is 56.3 Å². The van der Waals surface area contributed by atoms with Crippen LogP contribution in [0.4, 0.5) is 0 Å². The number of hydrogen-bond donors (Lipinski definition) is 0. The fourth-order valence-electron chi connectivity index (χ4n) is 1.65. The van der Waals surface area contributed by atoms with E-state index >= 15 is 0 Å². The van der Waals surface area contributed by atoms with Crippen molar-refractivity contribution >= 4 is 23.1 Å². The third-order valence-electron chi connectivity index (χ3n) is 2.46. The molecular weight excluding hydrogens is 238 g/mol. The Morgan fingerprint density at radius 1 is 1.47 bits per heavy atom. The first-order valence-electron chi connectivity index (χ1n) is 5.47. The predicted octanol–water partition coefficient (Wildman–Crippen LogP) is 2.01. The Labute approximate surface area is 105 Å². The maximum Gasteiger partial charge on any atom is 0.316 e. The number of aromatic nitrogens is 1. The summed E-state index contributed by atoms with van der Waals surface area (Å²) in [6.45, 7) is 5.56. The standard InChI is InChI=1S/C12H17NO3S/c1-7(2)11(12(15)16-4)9(14)5-10-13-8(3)6-17-10/h6-7,11H,5H2,1-4H3. The largest absolute Gasteiger partial charge is 0.468 e. The molecule has 94 valence electrons. The molecule has 0 saturated carbocycles. The van der Waals surface area contributed by atoms with Crippen LogP contribution in [0.3, 0.4) is 0 Å². The summed E-state index contributed by atoms with van der Waals surface area (Å²) in [5.74, 6) is -1.33. The molecule has 0 aliphatic rings. The van der Waals surface area contributed by atoms with Crippen molar-refractivity contribution in [3.8, 4) is 0 Å². The maximum atomic E-state index is 12.0. The third-order valence-corrected chi connectivity index (χ3v) is 3.43. The fraction of sp³-hybridized carbons (Fsp3) is 0.583. The maximum absolute atomic E-state index is 12.0. The Hall–Kier alpha value is -1.23. The van der Waals surface area contributed by atoms with E-state index in [1.165, 1.54) is 18.4 Å². The average molecular weight is 255 g/mol. The average Bonchev–Trinajstić information content (AvgIpc) is 2.63. The van der Waals surface area contributed by atoms with Crippen molar-refractivity contribution < 1.29 is 14.3 Å². The molecule has 1 aromatic rings. The molecule has 0 fully saturated rings. The molecule has 4 nitrogen and oxygen atoms in total. The van der Waals surface area contributed by atoms with Gasteiger partial charge in [-0.05, 0) is 12.8 Å². The highest BCUT2D eigenvalue weighted by molar-refractivity contribution is 7.09. The summed E-state index contributed by atoms with van der Waals surface area (Å²) in [6, 6.07) is 0. The van der Waals surface area contributed by atoms with E-state index < -0.39 is 11.9 Å². The molecule has 1 unspecified atom stereocenters. The molecule has 0 bridgehead atoms. The van der Waals surface area contributed by atoms with Gasteiger partial charge in [-0.1, -0.05) is 13.8 Å². The minimum absolute atomic E-state index is 0.0593. The molecule has 17 heavy (non-hydrogen) atoms. The summed E-state index contributed by atoms with van der Waals surface area (Å²) in [7, 11) is 1.30. The van der Waals surface area contributed by atoms with Crippen LogP contribution in [0, 0.1) is 18.8 Å². The van der Waals surface area contributed by atoms with Gasteiger partial charge in [0.2, 0.25) is 0 Å². The van der Waals surface area contributed by atoms with Gasteiger partial charge >= 0.3 is 5.97 Å². The van der Waals surface area contributed by atoms with Gasteiger partial charge < -0.3 is 4.74 Å². The summed E-state index contributed by atoms with van der Waals surface area (Å²) in [5.41, 5.74) is 0.900. The molecule has 0 aliphatic carbocycles. The number of hydrogen-bond acceptors (Lipinski definition) is 5. The molecule has 1 atom stereocenters. The van der Waals surface area contributed by atoms with E-state index in [2.05, 4.69) is 9.72 Å². The Bertz CT molecular complexity index is 412. The van der Waals surface area contributed by atoms with Crippen LogP contribution in [0.2, 0.25) is 0 Å². The second-order valence-corrected chi connectivity index (χ2v) is 5.21. The van der Waals surface area contributed by atoms with Gasteiger partial charge in [0.15, 0.2) is 5.78 Å². The minimum atomic E-state index is -0.691. The van der Waals surface area contributed by atoms with Crippen molar-refractivity contribution in [1.29, 1.82) is 0 Å². The van der Waals surface area contributed by atoms with Crippen molar-refractivity contribution in [1.82, 2.24) is 4.98 Å². The lowest BCUT2D eigenvalue weighted by atomic mass is 9.90. The molecule has 0 radical (unpaired) electrons. The first-order chi connectivity index (χ1) is 7.95. The van der Waals surface area contributed by atoms with E-state index in [1.807, 2.05) is 26.2 Å². The van der Waals surface area contributed by atoms with Gasteiger partial charge in [0, 0.05) is 11.1 Å². The summed E-state index contributed by atoms with van der Waals surface area (Å²) in [6.07, 6.45) is 0.205. The first kappa shape index (κ1) is 13.8.